The standard InChI is InChI=1S/C45H48N4O4/c1-32-22-36-26-46-40-14-5-6-15-41(40)47-27-37-23-33(2)25-39(45(37)51)31-49-19-10-9-18-48(30-38(24-32)44(36)50)28-34-12-3-7-16-42(34)52-20-11-21-53-43-17-8-4-13-35(43)29-49/h3-8,12-17,22-27,50-51H,9-11,18-21,28-31H2,1-2H3. The highest BCUT2D eigenvalue weighted by Crippen LogP contribution is 2.33. The zero-order chi connectivity index (χ0) is 36.6. The Hall–Kier alpha value is -5.44. The number of nitrogens with zero attached hydrogens (tertiary/aromatic N) is 4. The predicted molar refractivity (Wildman–Crippen MR) is 213 cm³/mol. The third-order valence-corrected chi connectivity index (χ3v) is 9.82. The molecular weight excluding hydrogens is 661 g/mol. The Balaban J connectivity index is 1.33. The molecule has 0 radical (unpaired) electrons. The number of para-hydroxylation sites is 4. The number of hydrogen-bond donors (Lipinski definition) is 2. The molecule has 0 spiro atoms. The first-order valence-electron chi connectivity index (χ1n) is 18.6. The van der Waals surface area contributed by atoms with Gasteiger partial charge in [-0.1, -0.05) is 60.7 Å². The van der Waals surface area contributed by atoms with E-state index in [9.17, 15) is 10.2 Å². The van der Waals surface area contributed by atoms with Crippen LogP contribution in [0.25, 0.3) is 0 Å². The van der Waals surface area contributed by atoms with Gasteiger partial charge in [-0.2, -0.15) is 0 Å². The van der Waals surface area contributed by atoms with Crippen LogP contribution in [-0.2, 0) is 26.2 Å². The van der Waals surface area contributed by atoms with E-state index in [4.69, 9.17) is 19.5 Å². The maximum atomic E-state index is 11.7. The minimum Gasteiger partial charge on any atom is -0.507 e. The highest BCUT2D eigenvalue weighted by molar-refractivity contribution is 5.90. The molecular formula is C45H48N4O4. The summed E-state index contributed by atoms with van der Waals surface area (Å²) in [6.45, 7) is 9.29. The lowest BCUT2D eigenvalue weighted by Crippen LogP contribution is -2.27. The van der Waals surface area contributed by atoms with Gasteiger partial charge < -0.3 is 19.7 Å². The molecule has 2 aliphatic heterocycles. The van der Waals surface area contributed by atoms with Crippen LogP contribution in [0.2, 0.25) is 0 Å². The number of phenols is 2. The van der Waals surface area contributed by atoms with E-state index in [1.807, 2.05) is 60.7 Å². The Bertz CT molecular complexity index is 1960. The fraction of sp³-hybridized carbons (Fsp3) is 0.289. The monoisotopic (exact) mass is 708 g/mol. The van der Waals surface area contributed by atoms with Crippen LogP contribution in [0.1, 0.15) is 63.8 Å². The zero-order valence-electron chi connectivity index (χ0n) is 30.7. The van der Waals surface area contributed by atoms with Crippen molar-refractivity contribution in [2.75, 3.05) is 26.3 Å². The van der Waals surface area contributed by atoms with Gasteiger partial charge in [-0.15, -0.1) is 0 Å². The van der Waals surface area contributed by atoms with Gasteiger partial charge in [0.15, 0.2) is 0 Å². The SMILES string of the molecule is Cc1cc2c(O)c(c1)CN1CCCCN(Cc3ccccc3OCCCOc3ccccc3C1)Cc1cc(C)cc(c1O)C=Nc1ccccc1N=C2. The number of aliphatic imine (C=N–C) groups is 2. The summed E-state index contributed by atoms with van der Waals surface area (Å²) >= 11 is 0. The van der Waals surface area contributed by atoms with Crippen molar-refractivity contribution in [1.82, 2.24) is 9.80 Å². The maximum absolute atomic E-state index is 11.7. The number of rotatable bonds is 0. The number of fused-ring (bicyclic) bond motifs is 12. The van der Waals surface area contributed by atoms with Crippen molar-refractivity contribution in [3.63, 3.8) is 0 Å². The largest absolute Gasteiger partial charge is 0.507 e. The Morgan fingerprint density at radius 1 is 0.509 bits per heavy atom. The molecule has 6 bridgehead atoms. The van der Waals surface area contributed by atoms with Crippen molar-refractivity contribution >= 4 is 23.8 Å². The minimum absolute atomic E-state index is 0.227. The number of benzene rings is 5. The van der Waals surface area contributed by atoms with Crippen molar-refractivity contribution in [2.45, 2.75) is 59.3 Å². The summed E-state index contributed by atoms with van der Waals surface area (Å²) < 4.78 is 12.7. The minimum atomic E-state index is 0.227. The molecule has 2 N–H and O–H groups in total. The maximum Gasteiger partial charge on any atom is 0.128 e. The first-order valence-corrected chi connectivity index (χ1v) is 18.6. The Morgan fingerprint density at radius 2 is 0.925 bits per heavy atom. The average molecular weight is 709 g/mol. The van der Waals surface area contributed by atoms with Crippen molar-refractivity contribution < 1.29 is 19.7 Å². The van der Waals surface area contributed by atoms with E-state index in [-0.39, 0.29) is 11.5 Å². The van der Waals surface area contributed by atoms with Crippen LogP contribution in [0.5, 0.6) is 23.0 Å². The number of ether oxygens (including phenoxy) is 2. The Kier molecular flexibility index (Phi) is 11.5. The number of hydrogen-bond acceptors (Lipinski definition) is 8. The molecule has 0 aliphatic carbocycles. The van der Waals surface area contributed by atoms with Gasteiger partial charge in [-0.3, -0.25) is 19.8 Å². The molecule has 2 aliphatic rings. The van der Waals surface area contributed by atoms with Crippen LogP contribution in [0.15, 0.2) is 107 Å². The highest BCUT2D eigenvalue weighted by Gasteiger charge is 2.19. The fourth-order valence-electron chi connectivity index (χ4n) is 7.20. The summed E-state index contributed by atoms with van der Waals surface area (Å²) in [5, 5.41) is 23.3. The number of aromatic hydroxyl groups is 2. The van der Waals surface area contributed by atoms with Crippen LogP contribution < -0.4 is 9.47 Å². The first kappa shape index (κ1) is 35.9. The molecule has 2 atom stereocenters. The van der Waals surface area contributed by atoms with Gasteiger partial charge in [0, 0.05) is 78.4 Å². The van der Waals surface area contributed by atoms with Crippen LogP contribution >= 0.6 is 0 Å². The summed E-state index contributed by atoms with van der Waals surface area (Å²) in [6, 6.07) is 32.2. The Labute approximate surface area is 312 Å². The van der Waals surface area contributed by atoms with Gasteiger partial charge in [-0.25, -0.2) is 0 Å². The molecule has 272 valence electrons. The lowest BCUT2D eigenvalue weighted by atomic mass is 10.0. The lowest BCUT2D eigenvalue weighted by molar-refractivity contribution is 0.217. The fourth-order valence-corrected chi connectivity index (χ4v) is 7.20. The van der Waals surface area contributed by atoms with E-state index in [0.29, 0.717) is 61.9 Å². The van der Waals surface area contributed by atoms with E-state index in [2.05, 4.69) is 60.0 Å². The second kappa shape index (κ2) is 16.9. The number of aryl methyl sites for hydroxylation is 2. The van der Waals surface area contributed by atoms with E-state index in [1.54, 1.807) is 12.4 Å². The molecule has 0 amide bonds. The van der Waals surface area contributed by atoms with Crippen LogP contribution in [0.4, 0.5) is 11.4 Å². The lowest BCUT2D eigenvalue weighted by Gasteiger charge is -2.27. The summed E-state index contributed by atoms with van der Waals surface area (Å²) in [6.07, 6.45) is 6.05. The van der Waals surface area contributed by atoms with Crippen LogP contribution in [0, 0.1) is 13.8 Å². The third-order valence-electron chi connectivity index (χ3n) is 9.82. The van der Waals surface area contributed by atoms with Crippen molar-refractivity contribution in [2.24, 2.45) is 9.98 Å². The van der Waals surface area contributed by atoms with Crippen molar-refractivity contribution in [1.29, 1.82) is 0 Å². The molecule has 2 unspecified atom stereocenters. The average Bonchev–Trinajstić information content (AvgIpc) is 3.15. The summed E-state index contributed by atoms with van der Waals surface area (Å²) in [7, 11) is 0. The smallest absolute Gasteiger partial charge is 0.128 e. The van der Waals surface area contributed by atoms with Gasteiger partial charge in [-0.05, 0) is 87.3 Å². The molecule has 5 aromatic carbocycles. The molecule has 0 aromatic heterocycles. The van der Waals surface area contributed by atoms with Crippen LogP contribution in [0.3, 0.4) is 0 Å². The highest BCUT2D eigenvalue weighted by atomic mass is 16.5. The second-order valence-electron chi connectivity index (χ2n) is 14.1. The van der Waals surface area contributed by atoms with Gasteiger partial charge in [0.05, 0.1) is 24.6 Å². The topological polar surface area (TPSA) is 90.1 Å². The molecule has 8 heteroatoms. The summed E-state index contributed by atoms with van der Waals surface area (Å²) in [4.78, 5) is 14.4. The first-order chi connectivity index (χ1) is 25.9. The van der Waals surface area contributed by atoms with E-state index >= 15 is 0 Å². The van der Waals surface area contributed by atoms with Gasteiger partial charge in [0.1, 0.15) is 23.0 Å². The van der Waals surface area contributed by atoms with E-state index < -0.39 is 0 Å². The quantitative estimate of drug-likeness (QED) is 0.167. The van der Waals surface area contributed by atoms with Gasteiger partial charge >= 0.3 is 0 Å². The molecule has 0 fully saturated rings. The summed E-state index contributed by atoms with van der Waals surface area (Å²) in [5.41, 5.74) is 8.66. The van der Waals surface area contributed by atoms with E-state index in [1.165, 1.54) is 0 Å². The Morgan fingerprint density at radius 3 is 1.40 bits per heavy atom. The van der Waals surface area contributed by atoms with Crippen molar-refractivity contribution in [3.05, 3.63) is 142 Å². The second-order valence-corrected chi connectivity index (χ2v) is 14.1. The third kappa shape index (κ3) is 9.14. The number of phenolic OH excluding ortho intramolecular Hbond substituents is 2. The van der Waals surface area contributed by atoms with Crippen LogP contribution in [-0.4, -0.2) is 58.7 Å². The normalized spacial score (nSPS) is 18.2. The molecule has 0 saturated heterocycles. The zero-order valence-corrected chi connectivity index (χ0v) is 30.7. The van der Waals surface area contributed by atoms with E-state index in [0.717, 1.165) is 77.2 Å². The van der Waals surface area contributed by atoms with Crippen molar-refractivity contribution in [3.8, 4) is 23.0 Å². The molecule has 0 saturated carbocycles. The molecule has 5 aromatic rings. The van der Waals surface area contributed by atoms with Gasteiger partial charge in [0.2, 0.25) is 0 Å². The molecule has 8 nitrogen and oxygen atoms in total. The van der Waals surface area contributed by atoms with Gasteiger partial charge in [0.25, 0.3) is 0 Å². The predicted octanol–water partition coefficient (Wildman–Crippen LogP) is 9.18. The summed E-state index contributed by atoms with van der Waals surface area (Å²) in [5.74, 6) is 2.19. The molecule has 53 heavy (non-hydrogen) atoms. The molecule has 2 heterocycles. The molecule has 7 rings (SSSR count).